The first-order valence-corrected chi connectivity index (χ1v) is 7.66. The molecule has 1 N–H and O–H groups in total. The van der Waals surface area contributed by atoms with Crippen molar-refractivity contribution in [3.8, 4) is 0 Å². The van der Waals surface area contributed by atoms with Gasteiger partial charge in [-0.1, -0.05) is 35.7 Å². The number of rotatable bonds is 3. The molecular weight excluding hydrogens is 347 g/mol. The van der Waals surface area contributed by atoms with Crippen LogP contribution >= 0.6 is 15.9 Å². The number of alkyl halides is 3. The van der Waals surface area contributed by atoms with Crippen LogP contribution in [0, 0.1) is 5.41 Å². The van der Waals surface area contributed by atoms with Gasteiger partial charge in [0, 0.05) is 16.6 Å². The summed E-state index contributed by atoms with van der Waals surface area (Å²) >= 11 is 2.87. The number of hydrogen-bond donors (Lipinski definition) is 1. The molecule has 1 aromatic rings. The second kappa shape index (κ2) is 5.99. The lowest BCUT2D eigenvalue weighted by molar-refractivity contribution is -0.138. The van der Waals surface area contributed by atoms with E-state index in [1.165, 1.54) is 12.1 Å². The fourth-order valence-electron chi connectivity index (χ4n) is 2.68. The maximum atomic E-state index is 12.8. The van der Waals surface area contributed by atoms with Gasteiger partial charge >= 0.3 is 6.18 Å². The maximum Gasteiger partial charge on any atom is 0.417 e. The van der Waals surface area contributed by atoms with Crippen molar-refractivity contribution in [1.82, 2.24) is 5.32 Å². The molecule has 0 spiro atoms. The molecule has 6 heteroatoms. The number of halogens is 4. The lowest BCUT2D eigenvalue weighted by atomic mass is 9.89. The number of benzene rings is 1. The van der Waals surface area contributed by atoms with Crippen molar-refractivity contribution >= 4 is 21.8 Å². The van der Waals surface area contributed by atoms with Gasteiger partial charge in [0.2, 0.25) is 0 Å². The normalized spacial score (nSPS) is 17.8. The van der Waals surface area contributed by atoms with Crippen LogP contribution in [0.15, 0.2) is 22.7 Å². The van der Waals surface area contributed by atoms with Crippen LogP contribution in [0.4, 0.5) is 13.2 Å². The van der Waals surface area contributed by atoms with E-state index >= 15 is 0 Å². The minimum atomic E-state index is -4.48. The van der Waals surface area contributed by atoms with Crippen molar-refractivity contribution in [1.29, 1.82) is 0 Å². The summed E-state index contributed by atoms with van der Waals surface area (Å²) < 4.78 is 38.4. The van der Waals surface area contributed by atoms with E-state index in [0.717, 1.165) is 31.7 Å². The van der Waals surface area contributed by atoms with E-state index < -0.39 is 17.6 Å². The molecule has 21 heavy (non-hydrogen) atoms. The number of hydrogen-bond acceptors (Lipinski definition) is 1. The maximum absolute atomic E-state index is 12.8. The zero-order valence-corrected chi connectivity index (χ0v) is 13.3. The molecule has 1 fully saturated rings. The van der Waals surface area contributed by atoms with Gasteiger partial charge in [-0.05, 0) is 36.5 Å². The number of nitrogens with one attached hydrogen (secondary N) is 1. The number of amides is 1. The fraction of sp³-hybridized carbons (Fsp3) is 0.533. The Morgan fingerprint density at radius 3 is 2.52 bits per heavy atom. The molecule has 0 heterocycles. The average Bonchev–Trinajstić information content (AvgIpc) is 2.83. The quantitative estimate of drug-likeness (QED) is 0.822. The Morgan fingerprint density at radius 1 is 1.33 bits per heavy atom. The summed E-state index contributed by atoms with van der Waals surface area (Å²) in [6.45, 7) is 2.60. The SMILES string of the molecule is CC1(CNC(=O)c2ccc(Br)c(C(F)(F)F)c2)CCCC1. The predicted octanol–water partition coefficient (Wildman–Crippen LogP) is 4.78. The van der Waals surface area contributed by atoms with E-state index in [-0.39, 0.29) is 15.5 Å². The van der Waals surface area contributed by atoms with Crippen molar-refractivity contribution < 1.29 is 18.0 Å². The Kier molecular flexibility index (Phi) is 4.66. The van der Waals surface area contributed by atoms with Crippen molar-refractivity contribution in [2.24, 2.45) is 5.41 Å². The third-order valence-electron chi connectivity index (χ3n) is 4.02. The minimum absolute atomic E-state index is 0.0344. The zero-order valence-electron chi connectivity index (χ0n) is 11.7. The summed E-state index contributed by atoms with van der Waals surface area (Å²) in [6.07, 6.45) is -0.110. The highest BCUT2D eigenvalue weighted by Gasteiger charge is 2.34. The molecule has 0 radical (unpaired) electrons. The standard InChI is InChI=1S/C15H17BrF3NO/c1-14(6-2-3-7-14)9-20-13(21)10-4-5-12(16)11(8-10)15(17,18)19/h4-5,8H,2-3,6-7,9H2,1H3,(H,20,21). The van der Waals surface area contributed by atoms with Gasteiger partial charge in [-0.2, -0.15) is 13.2 Å². The third kappa shape index (κ3) is 3.99. The first kappa shape index (κ1) is 16.3. The van der Waals surface area contributed by atoms with Crippen LogP contribution in [0.3, 0.4) is 0 Å². The molecule has 0 bridgehead atoms. The number of carbonyl (C=O) groups excluding carboxylic acids is 1. The highest BCUT2D eigenvalue weighted by Crippen LogP contribution is 2.37. The molecule has 2 rings (SSSR count). The van der Waals surface area contributed by atoms with Crippen LogP contribution < -0.4 is 5.32 Å². The average molecular weight is 364 g/mol. The van der Waals surface area contributed by atoms with E-state index in [0.29, 0.717) is 6.54 Å². The van der Waals surface area contributed by atoms with Gasteiger partial charge < -0.3 is 5.32 Å². The molecule has 1 aliphatic rings. The molecule has 116 valence electrons. The Bertz CT molecular complexity index is 536. The Balaban J connectivity index is 2.09. The molecule has 1 saturated carbocycles. The van der Waals surface area contributed by atoms with Crippen LogP contribution in [0.2, 0.25) is 0 Å². The summed E-state index contributed by atoms with van der Waals surface area (Å²) in [5.74, 6) is -0.457. The summed E-state index contributed by atoms with van der Waals surface area (Å²) in [7, 11) is 0. The molecule has 0 saturated heterocycles. The highest BCUT2D eigenvalue weighted by atomic mass is 79.9. The monoisotopic (exact) mass is 363 g/mol. The van der Waals surface area contributed by atoms with Crippen LogP contribution in [0.1, 0.15) is 48.5 Å². The van der Waals surface area contributed by atoms with Gasteiger partial charge in [0.25, 0.3) is 5.91 Å². The smallest absolute Gasteiger partial charge is 0.351 e. The lowest BCUT2D eigenvalue weighted by Gasteiger charge is -2.23. The van der Waals surface area contributed by atoms with Crippen LogP contribution in [-0.2, 0) is 6.18 Å². The van der Waals surface area contributed by atoms with Crippen LogP contribution in [0.25, 0.3) is 0 Å². The molecule has 0 aromatic heterocycles. The molecule has 0 aliphatic heterocycles. The molecule has 2 nitrogen and oxygen atoms in total. The van der Waals surface area contributed by atoms with Gasteiger partial charge in [-0.15, -0.1) is 0 Å². The highest BCUT2D eigenvalue weighted by molar-refractivity contribution is 9.10. The van der Waals surface area contributed by atoms with E-state index in [2.05, 4.69) is 28.2 Å². The van der Waals surface area contributed by atoms with E-state index in [1.807, 2.05) is 0 Å². The van der Waals surface area contributed by atoms with Crippen molar-refractivity contribution in [3.63, 3.8) is 0 Å². The second-order valence-electron chi connectivity index (χ2n) is 5.89. The van der Waals surface area contributed by atoms with Crippen molar-refractivity contribution in [3.05, 3.63) is 33.8 Å². The van der Waals surface area contributed by atoms with Crippen LogP contribution in [0.5, 0.6) is 0 Å². The Labute approximate surface area is 130 Å². The van der Waals surface area contributed by atoms with Crippen molar-refractivity contribution in [2.75, 3.05) is 6.54 Å². The zero-order chi connectivity index (χ0) is 15.7. The topological polar surface area (TPSA) is 29.1 Å². The van der Waals surface area contributed by atoms with Gasteiger partial charge in [-0.25, -0.2) is 0 Å². The first-order chi connectivity index (χ1) is 9.71. The Hall–Kier alpha value is -1.04. The van der Waals surface area contributed by atoms with E-state index in [9.17, 15) is 18.0 Å². The fourth-order valence-corrected chi connectivity index (χ4v) is 3.16. The molecule has 1 amide bonds. The van der Waals surface area contributed by atoms with Gasteiger partial charge in [-0.3, -0.25) is 4.79 Å². The molecule has 0 unspecified atom stereocenters. The Morgan fingerprint density at radius 2 is 1.95 bits per heavy atom. The lowest BCUT2D eigenvalue weighted by Crippen LogP contribution is -2.34. The number of carbonyl (C=O) groups is 1. The van der Waals surface area contributed by atoms with Gasteiger partial charge in [0.05, 0.1) is 5.56 Å². The van der Waals surface area contributed by atoms with Crippen molar-refractivity contribution in [2.45, 2.75) is 38.8 Å². The molecule has 0 atom stereocenters. The van der Waals surface area contributed by atoms with Gasteiger partial charge in [0.15, 0.2) is 0 Å². The van der Waals surface area contributed by atoms with E-state index in [1.54, 1.807) is 0 Å². The van der Waals surface area contributed by atoms with Crippen LogP contribution in [-0.4, -0.2) is 12.5 Å². The second-order valence-corrected chi connectivity index (χ2v) is 6.75. The predicted molar refractivity (Wildman–Crippen MR) is 78.1 cm³/mol. The molecule has 1 aromatic carbocycles. The summed E-state index contributed by atoms with van der Waals surface area (Å²) in [5.41, 5.74) is -0.730. The molecule has 1 aliphatic carbocycles. The largest absolute Gasteiger partial charge is 0.417 e. The third-order valence-corrected chi connectivity index (χ3v) is 4.71. The summed E-state index contributed by atoms with van der Waals surface area (Å²) in [6, 6.07) is 3.54. The summed E-state index contributed by atoms with van der Waals surface area (Å²) in [4.78, 5) is 12.0. The van der Waals surface area contributed by atoms with Gasteiger partial charge in [0.1, 0.15) is 0 Å². The summed E-state index contributed by atoms with van der Waals surface area (Å²) in [5, 5.41) is 2.76. The minimum Gasteiger partial charge on any atom is -0.351 e. The van der Waals surface area contributed by atoms with E-state index in [4.69, 9.17) is 0 Å². The first-order valence-electron chi connectivity index (χ1n) is 6.86. The molecular formula is C15H17BrF3NO.